The van der Waals surface area contributed by atoms with E-state index in [1.165, 1.54) is 19.3 Å². The van der Waals surface area contributed by atoms with Gasteiger partial charge >= 0.3 is 5.97 Å². The van der Waals surface area contributed by atoms with Crippen LogP contribution >= 0.6 is 15.9 Å². The van der Waals surface area contributed by atoms with Crippen molar-refractivity contribution in [3.05, 3.63) is 0 Å². The molecular formula is C19H30BrNO3. The quantitative estimate of drug-likeness (QED) is 0.545. The molecule has 4 aliphatic rings. The van der Waals surface area contributed by atoms with Crippen molar-refractivity contribution in [2.24, 2.45) is 23.2 Å². The maximum atomic E-state index is 12.3. The molecule has 136 valence electrons. The summed E-state index contributed by atoms with van der Waals surface area (Å²) in [7, 11) is 0. The first-order valence-electron chi connectivity index (χ1n) is 9.33. The third-order valence-corrected chi connectivity index (χ3v) is 7.31. The SMILES string of the molecule is CC(C)[C@@H](C)NC(=O)COC(=O)CC12C[C@@H]3C[C@@H](CC(Br)(C3)C1)C2. The van der Waals surface area contributed by atoms with E-state index in [1.807, 2.05) is 6.92 Å². The molecule has 0 saturated heterocycles. The molecule has 4 aliphatic carbocycles. The minimum Gasteiger partial charge on any atom is -0.456 e. The Morgan fingerprint density at radius 1 is 1.17 bits per heavy atom. The van der Waals surface area contributed by atoms with Gasteiger partial charge in [-0.1, -0.05) is 29.8 Å². The molecule has 0 aromatic carbocycles. The van der Waals surface area contributed by atoms with Crippen LogP contribution in [0.3, 0.4) is 0 Å². The molecule has 4 bridgehead atoms. The van der Waals surface area contributed by atoms with E-state index in [9.17, 15) is 9.59 Å². The molecule has 0 radical (unpaired) electrons. The van der Waals surface area contributed by atoms with Crippen molar-refractivity contribution in [1.82, 2.24) is 5.32 Å². The van der Waals surface area contributed by atoms with Gasteiger partial charge in [-0.2, -0.15) is 0 Å². The van der Waals surface area contributed by atoms with Crippen LogP contribution in [0.4, 0.5) is 0 Å². The Morgan fingerprint density at radius 2 is 1.79 bits per heavy atom. The molecule has 1 N–H and O–H groups in total. The standard InChI is InChI=1S/C19H30BrNO3/c1-12(2)13(3)21-16(22)10-24-17(23)9-18-5-14-4-15(6-18)8-19(20,7-14)11-18/h12-15H,4-11H2,1-3H3,(H,21,22)/t13-,14-,15+,18?,19?/m1/s1. The van der Waals surface area contributed by atoms with E-state index in [0.717, 1.165) is 31.1 Å². The predicted octanol–water partition coefficient (Wildman–Crippen LogP) is 3.81. The predicted molar refractivity (Wildman–Crippen MR) is 96.8 cm³/mol. The number of alkyl halides is 1. The molecule has 4 fully saturated rings. The molecule has 0 aromatic heterocycles. The summed E-state index contributed by atoms with van der Waals surface area (Å²) in [5.41, 5.74) is 0.104. The Labute approximate surface area is 153 Å². The van der Waals surface area contributed by atoms with Crippen molar-refractivity contribution in [2.45, 2.75) is 76.1 Å². The average Bonchev–Trinajstić information content (AvgIpc) is 2.41. The van der Waals surface area contributed by atoms with Crippen LogP contribution in [0.15, 0.2) is 0 Å². The minimum atomic E-state index is -0.208. The summed E-state index contributed by atoms with van der Waals surface area (Å²) >= 11 is 3.97. The van der Waals surface area contributed by atoms with Crippen LogP contribution in [0.2, 0.25) is 0 Å². The van der Waals surface area contributed by atoms with Crippen LogP contribution in [0.1, 0.15) is 65.7 Å². The van der Waals surface area contributed by atoms with E-state index >= 15 is 0 Å². The lowest BCUT2D eigenvalue weighted by Gasteiger charge is -2.60. The van der Waals surface area contributed by atoms with E-state index in [-0.39, 0.29) is 34.3 Å². The number of hydrogen-bond acceptors (Lipinski definition) is 3. The van der Waals surface area contributed by atoms with Crippen LogP contribution in [0, 0.1) is 23.2 Å². The molecule has 0 aromatic rings. The summed E-state index contributed by atoms with van der Waals surface area (Å²) in [5.74, 6) is 1.47. The molecule has 0 spiro atoms. The lowest BCUT2D eigenvalue weighted by Crippen LogP contribution is -2.53. The van der Waals surface area contributed by atoms with E-state index in [4.69, 9.17) is 4.74 Å². The Hall–Kier alpha value is -0.580. The van der Waals surface area contributed by atoms with Crippen molar-refractivity contribution >= 4 is 27.8 Å². The molecule has 0 aliphatic heterocycles. The summed E-state index contributed by atoms with van der Waals surface area (Å²) in [6, 6.07) is 0.0904. The zero-order valence-electron chi connectivity index (χ0n) is 15.1. The fraction of sp³-hybridized carbons (Fsp3) is 0.895. The van der Waals surface area contributed by atoms with Gasteiger partial charge in [0.1, 0.15) is 0 Å². The zero-order valence-corrected chi connectivity index (χ0v) is 16.7. The third-order valence-electron chi connectivity index (χ3n) is 6.38. The number of esters is 1. The molecule has 4 saturated carbocycles. The van der Waals surface area contributed by atoms with Crippen molar-refractivity contribution in [2.75, 3.05) is 6.61 Å². The first kappa shape index (κ1) is 18.2. The summed E-state index contributed by atoms with van der Waals surface area (Å²) in [6.45, 7) is 5.92. The van der Waals surface area contributed by atoms with Gasteiger partial charge in [-0.3, -0.25) is 9.59 Å². The van der Waals surface area contributed by atoms with Crippen LogP contribution in [0.25, 0.3) is 0 Å². The average molecular weight is 400 g/mol. The van der Waals surface area contributed by atoms with E-state index < -0.39 is 0 Å². The smallest absolute Gasteiger partial charge is 0.306 e. The minimum absolute atomic E-state index is 0.0904. The first-order chi connectivity index (χ1) is 11.2. The van der Waals surface area contributed by atoms with E-state index in [0.29, 0.717) is 12.3 Å². The number of ether oxygens (including phenoxy) is 1. The molecule has 1 amide bonds. The van der Waals surface area contributed by atoms with Crippen LogP contribution in [0.5, 0.6) is 0 Å². The summed E-state index contributed by atoms with van der Waals surface area (Å²) in [5, 5.41) is 2.88. The van der Waals surface area contributed by atoms with Gasteiger partial charge in [-0.25, -0.2) is 0 Å². The molecule has 5 atom stereocenters. The van der Waals surface area contributed by atoms with Crippen molar-refractivity contribution in [3.8, 4) is 0 Å². The normalized spacial score (nSPS) is 38.2. The van der Waals surface area contributed by atoms with Gasteiger partial charge < -0.3 is 10.1 Å². The molecule has 0 heterocycles. The summed E-state index contributed by atoms with van der Waals surface area (Å²) in [4.78, 5) is 24.2. The van der Waals surface area contributed by atoms with Gasteiger partial charge in [-0.15, -0.1) is 0 Å². The third kappa shape index (κ3) is 3.97. The number of rotatable bonds is 6. The van der Waals surface area contributed by atoms with Gasteiger partial charge in [-0.05, 0) is 68.6 Å². The van der Waals surface area contributed by atoms with E-state index in [2.05, 4.69) is 35.1 Å². The number of carbonyl (C=O) groups is 2. The molecular weight excluding hydrogens is 370 g/mol. The van der Waals surface area contributed by atoms with Gasteiger partial charge in [0.05, 0.1) is 6.42 Å². The number of halogens is 1. The number of amides is 1. The second-order valence-corrected chi connectivity index (χ2v) is 10.7. The summed E-state index contributed by atoms with van der Waals surface area (Å²) < 4.78 is 5.54. The highest BCUT2D eigenvalue weighted by atomic mass is 79.9. The van der Waals surface area contributed by atoms with Gasteiger partial charge in [0.15, 0.2) is 6.61 Å². The van der Waals surface area contributed by atoms with E-state index in [1.54, 1.807) is 0 Å². The summed E-state index contributed by atoms with van der Waals surface area (Å²) in [6.07, 6.45) is 7.72. The highest BCUT2D eigenvalue weighted by molar-refractivity contribution is 9.10. The fourth-order valence-corrected chi connectivity index (χ4v) is 7.02. The highest BCUT2D eigenvalue weighted by Gasteiger charge is 2.57. The van der Waals surface area contributed by atoms with Crippen molar-refractivity contribution in [3.63, 3.8) is 0 Å². The maximum Gasteiger partial charge on any atom is 0.306 e. The monoisotopic (exact) mass is 399 g/mol. The maximum absolute atomic E-state index is 12.3. The van der Waals surface area contributed by atoms with Crippen molar-refractivity contribution < 1.29 is 14.3 Å². The lowest BCUT2D eigenvalue weighted by molar-refractivity contribution is -0.154. The molecule has 4 nitrogen and oxygen atoms in total. The second kappa shape index (κ2) is 6.62. The Kier molecular flexibility index (Phi) is 5.03. The second-order valence-electron chi connectivity index (χ2n) is 9.05. The number of nitrogens with one attached hydrogen (secondary N) is 1. The fourth-order valence-electron chi connectivity index (χ4n) is 5.51. The first-order valence-corrected chi connectivity index (χ1v) is 10.1. The van der Waals surface area contributed by atoms with Gasteiger partial charge in [0.25, 0.3) is 5.91 Å². The largest absolute Gasteiger partial charge is 0.456 e. The van der Waals surface area contributed by atoms with Crippen LogP contribution in [-0.2, 0) is 14.3 Å². The van der Waals surface area contributed by atoms with Gasteiger partial charge in [0.2, 0.25) is 0 Å². The van der Waals surface area contributed by atoms with Gasteiger partial charge in [0, 0.05) is 10.4 Å². The molecule has 2 unspecified atom stereocenters. The van der Waals surface area contributed by atoms with Crippen molar-refractivity contribution in [1.29, 1.82) is 0 Å². The molecule has 24 heavy (non-hydrogen) atoms. The highest BCUT2D eigenvalue weighted by Crippen LogP contribution is 2.65. The molecule has 4 rings (SSSR count). The number of hydrogen-bond donors (Lipinski definition) is 1. The Balaban J connectivity index is 1.50. The number of carbonyl (C=O) groups excluding carboxylic acids is 2. The topological polar surface area (TPSA) is 55.4 Å². The Morgan fingerprint density at radius 3 is 2.33 bits per heavy atom. The molecule has 5 heteroatoms. The van der Waals surface area contributed by atoms with Crippen LogP contribution in [-0.4, -0.2) is 28.8 Å². The Bertz CT molecular complexity index is 505. The van der Waals surface area contributed by atoms with Crippen LogP contribution < -0.4 is 5.32 Å². The lowest BCUT2D eigenvalue weighted by atomic mass is 9.49. The zero-order chi connectivity index (χ0) is 17.5.